The molecule has 3 heterocycles. The second kappa shape index (κ2) is 8.67. The van der Waals surface area contributed by atoms with Gasteiger partial charge in [-0.3, -0.25) is 9.39 Å². The molecule has 1 aliphatic heterocycles. The number of ether oxygens (including phenoxy) is 1. The first-order valence-electron chi connectivity index (χ1n) is 11.4. The molecule has 0 amide bonds. The van der Waals surface area contributed by atoms with E-state index in [0.29, 0.717) is 0 Å². The normalized spacial score (nSPS) is 12.6. The summed E-state index contributed by atoms with van der Waals surface area (Å²) in [6, 6.07) is 27.1. The maximum Gasteiger partial charge on any atom is 0.335 e. The lowest BCUT2D eigenvalue weighted by atomic mass is 9.93. The monoisotopic (exact) mass is 471 g/mol. The zero-order chi connectivity index (χ0) is 24.6. The third kappa shape index (κ3) is 3.75. The summed E-state index contributed by atoms with van der Waals surface area (Å²) < 4.78 is 7.38. The van der Waals surface area contributed by atoms with Gasteiger partial charge in [0.15, 0.2) is 0 Å². The van der Waals surface area contributed by atoms with Crippen LogP contribution in [0, 0.1) is 0 Å². The molecule has 0 radical (unpaired) electrons. The molecular formula is C30H21N3O3. The highest BCUT2D eigenvalue weighted by atomic mass is 16.5. The molecule has 0 saturated heterocycles. The summed E-state index contributed by atoms with van der Waals surface area (Å²) in [7, 11) is 1.66. The second-order valence-electron chi connectivity index (χ2n) is 8.50. The number of allylic oxidation sites excluding steroid dienone is 1. The van der Waals surface area contributed by atoms with Crippen molar-refractivity contribution in [3.8, 4) is 28.1 Å². The van der Waals surface area contributed by atoms with Crippen LogP contribution in [-0.4, -0.2) is 33.3 Å². The SMILES string of the molecule is COc1ccc(-c2cnc3ccc(C4=CN=C4c4ccc(-c5ccc(C(=O)O)cc5)cc4)cn23)cc1. The molecule has 0 aliphatic carbocycles. The molecule has 1 N–H and O–H groups in total. The third-order valence-corrected chi connectivity index (χ3v) is 6.40. The second-order valence-corrected chi connectivity index (χ2v) is 8.50. The number of pyridine rings is 1. The molecule has 0 saturated carbocycles. The summed E-state index contributed by atoms with van der Waals surface area (Å²) in [5.74, 6) is -0.110. The number of hydrogen-bond donors (Lipinski definition) is 1. The number of carboxylic acid groups (broad SMARTS) is 1. The fourth-order valence-electron chi connectivity index (χ4n) is 4.38. The van der Waals surface area contributed by atoms with Crippen LogP contribution in [0.2, 0.25) is 0 Å². The predicted molar refractivity (Wildman–Crippen MR) is 141 cm³/mol. The topological polar surface area (TPSA) is 76.2 Å². The number of rotatable bonds is 6. The minimum absolute atomic E-state index is 0.277. The van der Waals surface area contributed by atoms with Gasteiger partial charge in [0.2, 0.25) is 0 Å². The van der Waals surface area contributed by atoms with Gasteiger partial charge >= 0.3 is 5.97 Å². The van der Waals surface area contributed by atoms with E-state index in [2.05, 4.69) is 26.6 Å². The van der Waals surface area contributed by atoms with Crippen molar-refractivity contribution >= 4 is 22.9 Å². The molecule has 0 unspecified atom stereocenters. The summed E-state index contributed by atoms with van der Waals surface area (Å²) in [6.07, 6.45) is 5.87. The first-order chi connectivity index (χ1) is 17.6. The Morgan fingerprint density at radius 3 is 2.00 bits per heavy atom. The van der Waals surface area contributed by atoms with Gasteiger partial charge in [-0.05, 0) is 59.7 Å². The van der Waals surface area contributed by atoms with Crippen molar-refractivity contribution in [2.75, 3.05) is 7.11 Å². The average molecular weight is 472 g/mol. The highest BCUT2D eigenvalue weighted by Gasteiger charge is 2.19. The minimum atomic E-state index is -0.927. The maximum atomic E-state index is 11.1. The molecule has 0 fully saturated rings. The zero-order valence-electron chi connectivity index (χ0n) is 19.4. The number of carbonyl (C=O) groups is 1. The molecule has 6 rings (SSSR count). The third-order valence-electron chi connectivity index (χ3n) is 6.40. The Balaban J connectivity index is 1.26. The van der Waals surface area contributed by atoms with E-state index in [0.717, 1.165) is 56.2 Å². The van der Waals surface area contributed by atoms with E-state index in [1.54, 1.807) is 19.2 Å². The number of imidazole rings is 1. The minimum Gasteiger partial charge on any atom is -0.497 e. The molecule has 0 atom stereocenters. The first kappa shape index (κ1) is 21.6. The molecule has 0 bridgehead atoms. The van der Waals surface area contributed by atoms with Crippen LogP contribution < -0.4 is 4.74 Å². The van der Waals surface area contributed by atoms with Crippen LogP contribution in [0.4, 0.5) is 0 Å². The number of nitrogens with zero attached hydrogens (tertiary/aromatic N) is 3. The zero-order valence-corrected chi connectivity index (χ0v) is 19.4. The molecule has 5 aromatic rings. The van der Waals surface area contributed by atoms with Crippen molar-refractivity contribution in [1.82, 2.24) is 9.38 Å². The van der Waals surface area contributed by atoms with Gasteiger partial charge in [0.25, 0.3) is 0 Å². The highest BCUT2D eigenvalue weighted by Crippen LogP contribution is 2.31. The Morgan fingerprint density at radius 1 is 0.778 bits per heavy atom. The van der Waals surface area contributed by atoms with Gasteiger partial charge in [-0.15, -0.1) is 0 Å². The molecule has 6 nitrogen and oxygen atoms in total. The lowest BCUT2D eigenvalue weighted by Crippen LogP contribution is -2.11. The standard InChI is InChI=1S/C30H21N3O3/c1-36-25-13-10-21(11-14-25)27-17-31-28-15-12-24(18-33(27)28)26-16-32-29(26)22-6-2-19(3-7-22)20-4-8-23(9-5-20)30(34)35/h2-18H,1H3,(H,34,35). The summed E-state index contributed by atoms with van der Waals surface area (Å²) in [4.78, 5) is 20.2. The van der Waals surface area contributed by atoms with Crippen molar-refractivity contribution < 1.29 is 14.6 Å². The van der Waals surface area contributed by atoms with Gasteiger partial charge in [-0.25, -0.2) is 9.78 Å². The smallest absolute Gasteiger partial charge is 0.335 e. The molecule has 174 valence electrons. The summed E-state index contributed by atoms with van der Waals surface area (Å²) in [5.41, 5.74) is 9.31. The van der Waals surface area contributed by atoms with E-state index in [1.165, 1.54) is 0 Å². The van der Waals surface area contributed by atoms with Crippen LogP contribution in [0.1, 0.15) is 21.5 Å². The molecule has 1 aliphatic rings. The number of aromatic nitrogens is 2. The molecule has 0 spiro atoms. The van der Waals surface area contributed by atoms with Crippen LogP contribution in [0.3, 0.4) is 0 Å². The maximum absolute atomic E-state index is 11.1. The summed E-state index contributed by atoms with van der Waals surface area (Å²) in [5, 5.41) is 9.11. The Morgan fingerprint density at radius 2 is 1.39 bits per heavy atom. The van der Waals surface area contributed by atoms with Crippen molar-refractivity contribution in [3.63, 3.8) is 0 Å². The van der Waals surface area contributed by atoms with Gasteiger partial charge in [0.1, 0.15) is 11.4 Å². The van der Waals surface area contributed by atoms with Crippen molar-refractivity contribution in [3.05, 3.63) is 120 Å². The number of hydrogen-bond acceptors (Lipinski definition) is 4. The Hall–Kier alpha value is -4.97. The van der Waals surface area contributed by atoms with E-state index in [9.17, 15) is 4.79 Å². The fraction of sp³-hybridized carbons (Fsp3) is 0.0333. The quantitative estimate of drug-likeness (QED) is 0.319. The first-order valence-corrected chi connectivity index (χ1v) is 11.4. The van der Waals surface area contributed by atoms with Crippen molar-refractivity contribution in [2.45, 2.75) is 0 Å². The molecule has 36 heavy (non-hydrogen) atoms. The van der Waals surface area contributed by atoms with E-state index < -0.39 is 5.97 Å². The summed E-state index contributed by atoms with van der Waals surface area (Å²) in [6.45, 7) is 0. The number of fused-ring (bicyclic) bond motifs is 1. The largest absolute Gasteiger partial charge is 0.497 e. The molecule has 3 aromatic carbocycles. The number of aromatic carboxylic acids is 1. The summed E-state index contributed by atoms with van der Waals surface area (Å²) >= 11 is 0. The van der Waals surface area contributed by atoms with Crippen LogP contribution in [-0.2, 0) is 0 Å². The fourth-order valence-corrected chi connectivity index (χ4v) is 4.38. The Bertz CT molecular complexity index is 1660. The lowest BCUT2D eigenvalue weighted by molar-refractivity contribution is 0.0697. The number of carboxylic acids is 1. The molecular weight excluding hydrogens is 450 g/mol. The number of methoxy groups -OCH3 is 1. The molecule has 2 aromatic heterocycles. The van der Waals surface area contributed by atoms with Crippen molar-refractivity contribution in [2.24, 2.45) is 4.99 Å². The average Bonchev–Trinajstić information content (AvgIpc) is 3.32. The number of aliphatic imine (C=N–C) groups is 1. The highest BCUT2D eigenvalue weighted by molar-refractivity contribution is 6.35. The van der Waals surface area contributed by atoms with Crippen LogP contribution in [0.25, 0.3) is 33.6 Å². The van der Waals surface area contributed by atoms with Gasteiger partial charge in [-0.1, -0.05) is 36.4 Å². The van der Waals surface area contributed by atoms with Gasteiger partial charge in [-0.2, -0.15) is 0 Å². The van der Waals surface area contributed by atoms with Gasteiger partial charge < -0.3 is 9.84 Å². The van der Waals surface area contributed by atoms with Crippen LogP contribution in [0.5, 0.6) is 5.75 Å². The predicted octanol–water partition coefficient (Wildman–Crippen LogP) is 6.22. The number of benzene rings is 3. The van der Waals surface area contributed by atoms with Gasteiger partial charge in [0.05, 0.1) is 30.3 Å². The van der Waals surface area contributed by atoms with Crippen LogP contribution in [0.15, 0.2) is 109 Å². The van der Waals surface area contributed by atoms with E-state index in [-0.39, 0.29) is 5.56 Å². The van der Waals surface area contributed by atoms with Crippen molar-refractivity contribution in [1.29, 1.82) is 0 Å². The van der Waals surface area contributed by atoms with E-state index in [1.807, 2.05) is 79.1 Å². The van der Waals surface area contributed by atoms with Crippen LogP contribution >= 0.6 is 0 Å². The Labute approximate surface area is 207 Å². The Kier molecular flexibility index (Phi) is 5.19. The lowest BCUT2D eigenvalue weighted by Gasteiger charge is -2.18. The van der Waals surface area contributed by atoms with E-state index >= 15 is 0 Å². The van der Waals surface area contributed by atoms with E-state index in [4.69, 9.17) is 9.84 Å². The van der Waals surface area contributed by atoms with Gasteiger partial charge in [0, 0.05) is 34.7 Å². The molecule has 6 heteroatoms.